The summed E-state index contributed by atoms with van der Waals surface area (Å²) in [5, 5.41) is 19.4. The summed E-state index contributed by atoms with van der Waals surface area (Å²) in [4.78, 5) is 11.1. The molecule has 172 valence electrons. The fourth-order valence-electron chi connectivity index (χ4n) is 9.28. The van der Waals surface area contributed by atoms with Gasteiger partial charge in [-0.15, -0.1) is 0 Å². The van der Waals surface area contributed by atoms with Crippen molar-refractivity contribution in [1.29, 1.82) is 0 Å². The first-order valence-corrected chi connectivity index (χ1v) is 13.1. The van der Waals surface area contributed by atoms with Gasteiger partial charge in [0.25, 0.3) is 0 Å². The van der Waals surface area contributed by atoms with Gasteiger partial charge in [0.1, 0.15) is 0 Å². The van der Waals surface area contributed by atoms with Crippen LogP contribution in [0, 0.1) is 52.3 Å². The van der Waals surface area contributed by atoms with Gasteiger partial charge in [0.15, 0.2) is 0 Å². The van der Waals surface area contributed by atoms with E-state index in [4.69, 9.17) is 5.11 Å². The van der Waals surface area contributed by atoms with E-state index in [1.807, 2.05) is 6.92 Å². The third kappa shape index (κ3) is 3.76. The summed E-state index contributed by atoms with van der Waals surface area (Å²) in [7, 11) is 0. The summed E-state index contributed by atoms with van der Waals surface area (Å²) in [6, 6.07) is 0. The molecule has 0 aliphatic heterocycles. The molecule has 3 nitrogen and oxygen atoms in total. The van der Waals surface area contributed by atoms with Crippen LogP contribution in [-0.4, -0.2) is 22.3 Å². The summed E-state index contributed by atoms with van der Waals surface area (Å²) in [5.41, 5.74) is 0.969. The number of aliphatic carboxylic acids is 1. The van der Waals surface area contributed by atoms with Gasteiger partial charge >= 0.3 is 5.97 Å². The Balaban J connectivity index is 1.42. The molecule has 4 fully saturated rings. The summed E-state index contributed by atoms with van der Waals surface area (Å²) in [6.07, 6.45) is 14.7. The molecule has 4 aliphatic carbocycles. The highest BCUT2D eigenvalue weighted by Crippen LogP contribution is 2.68. The van der Waals surface area contributed by atoms with Crippen LogP contribution in [0.1, 0.15) is 105 Å². The topological polar surface area (TPSA) is 57.5 Å². The molecule has 3 heteroatoms. The molecule has 4 rings (SSSR count). The van der Waals surface area contributed by atoms with E-state index < -0.39 is 5.97 Å². The Hall–Kier alpha value is -0.570. The van der Waals surface area contributed by atoms with Crippen molar-refractivity contribution in [2.75, 3.05) is 0 Å². The number of fused-ring (bicyclic) bond motifs is 5. The maximum absolute atomic E-state index is 11.1. The van der Waals surface area contributed by atoms with E-state index in [1.165, 1.54) is 51.4 Å². The molecule has 0 radical (unpaired) electrons. The highest BCUT2D eigenvalue weighted by Gasteiger charge is 2.60. The van der Waals surface area contributed by atoms with E-state index in [0.717, 1.165) is 55.3 Å². The van der Waals surface area contributed by atoms with Crippen LogP contribution in [-0.2, 0) is 4.79 Å². The molecule has 0 bridgehead atoms. The minimum atomic E-state index is -0.645. The van der Waals surface area contributed by atoms with Crippen molar-refractivity contribution in [3.05, 3.63) is 0 Å². The molecule has 0 amide bonds. The second-order valence-corrected chi connectivity index (χ2v) is 12.5. The first kappa shape index (κ1) is 22.6. The Bertz CT molecular complexity index is 632. The number of hydrogen-bond donors (Lipinski definition) is 2. The van der Waals surface area contributed by atoms with Crippen LogP contribution in [0.2, 0.25) is 0 Å². The molecule has 2 N–H and O–H groups in total. The van der Waals surface area contributed by atoms with E-state index >= 15 is 0 Å². The predicted molar refractivity (Wildman–Crippen MR) is 121 cm³/mol. The Morgan fingerprint density at radius 2 is 1.63 bits per heavy atom. The first-order chi connectivity index (χ1) is 14.2. The van der Waals surface area contributed by atoms with Gasteiger partial charge < -0.3 is 10.2 Å². The predicted octanol–water partition coefficient (Wildman–Crippen LogP) is 6.53. The van der Waals surface area contributed by atoms with Crippen molar-refractivity contribution in [3.63, 3.8) is 0 Å². The second kappa shape index (κ2) is 8.41. The van der Waals surface area contributed by atoms with Crippen LogP contribution in [0.15, 0.2) is 0 Å². The minimum Gasteiger partial charge on any atom is -0.481 e. The highest BCUT2D eigenvalue weighted by molar-refractivity contribution is 5.69. The normalized spacial score (nSPS) is 47.6. The molecule has 0 spiro atoms. The van der Waals surface area contributed by atoms with Crippen LogP contribution in [0.3, 0.4) is 0 Å². The maximum Gasteiger partial charge on any atom is 0.306 e. The maximum atomic E-state index is 11.1. The summed E-state index contributed by atoms with van der Waals surface area (Å²) in [5.74, 6) is 4.12. The smallest absolute Gasteiger partial charge is 0.306 e. The van der Waals surface area contributed by atoms with Gasteiger partial charge in [-0.2, -0.15) is 0 Å². The molecular weight excluding hydrogens is 372 g/mol. The summed E-state index contributed by atoms with van der Waals surface area (Å²) >= 11 is 0. The second-order valence-electron chi connectivity index (χ2n) is 12.5. The van der Waals surface area contributed by atoms with E-state index in [2.05, 4.69) is 20.8 Å². The van der Waals surface area contributed by atoms with Gasteiger partial charge in [0, 0.05) is 0 Å². The lowest BCUT2D eigenvalue weighted by Crippen LogP contribution is -2.54. The van der Waals surface area contributed by atoms with Crippen molar-refractivity contribution in [3.8, 4) is 0 Å². The van der Waals surface area contributed by atoms with Gasteiger partial charge in [-0.3, -0.25) is 4.79 Å². The zero-order chi connectivity index (χ0) is 21.7. The Morgan fingerprint density at radius 1 is 0.933 bits per heavy atom. The first-order valence-electron chi connectivity index (χ1n) is 13.1. The molecule has 10 unspecified atom stereocenters. The van der Waals surface area contributed by atoms with Gasteiger partial charge in [-0.05, 0) is 111 Å². The lowest BCUT2D eigenvalue weighted by Gasteiger charge is -2.61. The van der Waals surface area contributed by atoms with Gasteiger partial charge in [-0.1, -0.05) is 40.5 Å². The minimum absolute atomic E-state index is 0.0472. The fraction of sp³-hybridized carbons (Fsp3) is 0.963. The lowest BCUT2D eigenvalue weighted by atomic mass is 9.44. The monoisotopic (exact) mass is 418 g/mol. The number of aliphatic hydroxyl groups is 1. The number of carboxylic acids is 1. The standard InChI is InChI=1S/C27H46O3/c1-17(6-5-7-18(2)25(29)30)22-10-11-23-21-9-8-19-16-20(28)12-14-26(19,3)24(21)13-15-27(22,23)4/h17-24,28H,5-16H2,1-4H3,(H,29,30). The van der Waals surface area contributed by atoms with E-state index in [0.29, 0.717) is 16.7 Å². The molecule has 4 saturated carbocycles. The Labute approximate surface area is 184 Å². The number of carboxylic acid groups (broad SMARTS) is 1. The van der Waals surface area contributed by atoms with Gasteiger partial charge in [-0.25, -0.2) is 0 Å². The van der Waals surface area contributed by atoms with Crippen LogP contribution in [0.4, 0.5) is 0 Å². The third-order valence-electron chi connectivity index (χ3n) is 11.1. The van der Waals surface area contributed by atoms with Crippen LogP contribution in [0.5, 0.6) is 0 Å². The average Bonchev–Trinajstić information content (AvgIpc) is 3.05. The Morgan fingerprint density at radius 3 is 2.37 bits per heavy atom. The average molecular weight is 419 g/mol. The van der Waals surface area contributed by atoms with Gasteiger partial charge in [0.05, 0.1) is 12.0 Å². The molecule has 4 aliphatic rings. The van der Waals surface area contributed by atoms with Crippen molar-refractivity contribution >= 4 is 5.97 Å². The summed E-state index contributed by atoms with van der Waals surface area (Å²) in [6.45, 7) is 9.52. The van der Waals surface area contributed by atoms with Crippen LogP contribution >= 0.6 is 0 Å². The van der Waals surface area contributed by atoms with Gasteiger partial charge in [0.2, 0.25) is 0 Å². The zero-order valence-corrected chi connectivity index (χ0v) is 19.9. The molecule has 0 aromatic carbocycles. The van der Waals surface area contributed by atoms with Crippen molar-refractivity contribution in [1.82, 2.24) is 0 Å². The Kier molecular flexibility index (Phi) is 6.34. The molecule has 0 aromatic rings. The van der Waals surface area contributed by atoms with E-state index in [-0.39, 0.29) is 12.0 Å². The summed E-state index contributed by atoms with van der Waals surface area (Å²) < 4.78 is 0. The number of carbonyl (C=O) groups is 1. The van der Waals surface area contributed by atoms with Crippen LogP contribution in [0.25, 0.3) is 0 Å². The van der Waals surface area contributed by atoms with Crippen LogP contribution < -0.4 is 0 Å². The number of hydrogen-bond acceptors (Lipinski definition) is 2. The molecule has 0 aromatic heterocycles. The molecule has 0 saturated heterocycles. The molecule has 10 atom stereocenters. The fourth-order valence-corrected chi connectivity index (χ4v) is 9.28. The quantitative estimate of drug-likeness (QED) is 0.515. The SMILES string of the molecule is CC(CCCC(C)C1CCC2C3CCC4CC(O)CCC4(C)C3CCC12C)C(=O)O. The number of aliphatic hydroxyl groups excluding tert-OH is 1. The zero-order valence-electron chi connectivity index (χ0n) is 19.9. The molecular formula is C27H46O3. The van der Waals surface area contributed by atoms with E-state index in [1.54, 1.807) is 0 Å². The van der Waals surface area contributed by atoms with Crippen molar-refractivity contribution in [2.45, 2.75) is 111 Å². The molecule has 0 heterocycles. The van der Waals surface area contributed by atoms with E-state index in [9.17, 15) is 9.90 Å². The number of rotatable bonds is 6. The molecule has 30 heavy (non-hydrogen) atoms. The largest absolute Gasteiger partial charge is 0.481 e. The van der Waals surface area contributed by atoms with Crippen molar-refractivity contribution < 1.29 is 15.0 Å². The highest BCUT2D eigenvalue weighted by atomic mass is 16.4. The third-order valence-corrected chi connectivity index (χ3v) is 11.1. The van der Waals surface area contributed by atoms with Crippen molar-refractivity contribution in [2.24, 2.45) is 52.3 Å². The lowest BCUT2D eigenvalue weighted by molar-refractivity contribution is -0.141.